The van der Waals surface area contributed by atoms with Crippen molar-refractivity contribution in [3.05, 3.63) is 29.3 Å². The summed E-state index contributed by atoms with van der Waals surface area (Å²) in [6.45, 7) is 8.67. The fourth-order valence-corrected chi connectivity index (χ4v) is 2.52. The smallest absolute Gasteiger partial charge is 0.239 e. The Labute approximate surface area is 126 Å². The van der Waals surface area contributed by atoms with Gasteiger partial charge in [0.2, 0.25) is 11.8 Å². The lowest BCUT2D eigenvalue weighted by molar-refractivity contribution is -0.132. The maximum atomic E-state index is 12.5. The largest absolute Gasteiger partial charge is 0.353 e. The molecule has 2 atom stereocenters. The van der Waals surface area contributed by atoms with Crippen LogP contribution in [0.5, 0.6) is 0 Å². The Kier molecular flexibility index (Phi) is 4.66. The summed E-state index contributed by atoms with van der Waals surface area (Å²) >= 11 is 0. The minimum atomic E-state index is -0.541. The van der Waals surface area contributed by atoms with Crippen LogP contribution in [0.25, 0.3) is 0 Å². The molecule has 0 aromatic heterocycles. The van der Waals surface area contributed by atoms with Crippen molar-refractivity contribution in [3.63, 3.8) is 0 Å². The summed E-state index contributed by atoms with van der Waals surface area (Å²) in [4.78, 5) is 26.4. The quantitative estimate of drug-likeness (QED) is 0.866. The van der Waals surface area contributed by atoms with Crippen molar-refractivity contribution < 1.29 is 9.59 Å². The van der Waals surface area contributed by atoms with E-state index >= 15 is 0 Å². The van der Waals surface area contributed by atoms with Crippen LogP contribution in [0, 0.1) is 19.8 Å². The van der Waals surface area contributed by atoms with Gasteiger partial charge >= 0.3 is 0 Å². The van der Waals surface area contributed by atoms with E-state index in [2.05, 4.69) is 5.32 Å². The highest BCUT2D eigenvalue weighted by atomic mass is 16.2. The van der Waals surface area contributed by atoms with Crippen LogP contribution in [0.2, 0.25) is 0 Å². The molecule has 0 bridgehead atoms. The first-order chi connectivity index (χ1) is 9.93. The van der Waals surface area contributed by atoms with Gasteiger partial charge in [0.15, 0.2) is 0 Å². The number of rotatable bonds is 4. The van der Waals surface area contributed by atoms with Crippen LogP contribution in [0.15, 0.2) is 18.2 Å². The summed E-state index contributed by atoms with van der Waals surface area (Å²) in [5, 5.41) is 2.91. The van der Waals surface area contributed by atoms with Crippen molar-refractivity contribution in [1.29, 1.82) is 0 Å². The second-order valence-electron chi connectivity index (χ2n) is 5.92. The van der Waals surface area contributed by atoms with Crippen molar-refractivity contribution in [3.8, 4) is 0 Å². The van der Waals surface area contributed by atoms with E-state index in [4.69, 9.17) is 0 Å². The van der Waals surface area contributed by atoms with Gasteiger partial charge in [-0.3, -0.25) is 9.59 Å². The molecule has 1 fully saturated rings. The summed E-state index contributed by atoms with van der Waals surface area (Å²) in [6.07, 6.45) is 1.46. The molecule has 0 unspecified atom stereocenters. The van der Waals surface area contributed by atoms with Gasteiger partial charge in [-0.15, -0.1) is 0 Å². The maximum Gasteiger partial charge on any atom is 0.239 e. The fourth-order valence-electron chi connectivity index (χ4n) is 2.52. The zero-order chi connectivity index (χ0) is 15.6. The number of anilines is 1. The first-order valence-corrected chi connectivity index (χ1v) is 7.63. The van der Waals surface area contributed by atoms with Crippen molar-refractivity contribution >= 4 is 17.5 Å². The van der Waals surface area contributed by atoms with E-state index in [-0.39, 0.29) is 17.9 Å². The van der Waals surface area contributed by atoms with Gasteiger partial charge in [0, 0.05) is 18.3 Å². The van der Waals surface area contributed by atoms with Gasteiger partial charge in [0.25, 0.3) is 0 Å². The Bertz CT molecular complexity index is 554. The topological polar surface area (TPSA) is 49.4 Å². The Morgan fingerprint density at radius 2 is 2.10 bits per heavy atom. The third-order valence-electron chi connectivity index (χ3n) is 4.33. The number of aryl methyl sites for hydroxylation is 2. The Morgan fingerprint density at radius 1 is 1.38 bits per heavy atom. The lowest BCUT2D eigenvalue weighted by Gasteiger charge is -2.19. The van der Waals surface area contributed by atoms with Crippen molar-refractivity contribution in [2.75, 3.05) is 11.4 Å². The van der Waals surface area contributed by atoms with Crippen LogP contribution >= 0.6 is 0 Å². The minimum Gasteiger partial charge on any atom is -0.353 e. The minimum absolute atomic E-state index is 0.0842. The number of hydrogen-bond donors (Lipinski definition) is 1. The lowest BCUT2D eigenvalue weighted by atomic mass is 10.1. The predicted octanol–water partition coefficient (Wildman–Crippen LogP) is 2.57. The molecule has 4 heteroatoms. The van der Waals surface area contributed by atoms with E-state index in [1.807, 2.05) is 45.9 Å². The summed E-state index contributed by atoms with van der Waals surface area (Å²) in [6, 6.07) is 6.10. The second-order valence-corrected chi connectivity index (χ2v) is 5.92. The van der Waals surface area contributed by atoms with Crippen LogP contribution in [-0.4, -0.2) is 24.4 Å². The molecule has 1 aliphatic rings. The summed E-state index contributed by atoms with van der Waals surface area (Å²) in [5.41, 5.74) is 3.26. The van der Waals surface area contributed by atoms with Crippen LogP contribution in [-0.2, 0) is 9.59 Å². The van der Waals surface area contributed by atoms with E-state index in [9.17, 15) is 9.59 Å². The molecule has 21 heavy (non-hydrogen) atoms. The molecular weight excluding hydrogens is 264 g/mol. The monoisotopic (exact) mass is 288 g/mol. The van der Waals surface area contributed by atoms with Crippen LogP contribution < -0.4 is 10.2 Å². The summed E-state index contributed by atoms with van der Waals surface area (Å²) in [7, 11) is 0. The molecule has 1 N–H and O–H groups in total. The molecule has 2 rings (SSSR count). The Morgan fingerprint density at radius 3 is 2.71 bits per heavy atom. The second kappa shape index (κ2) is 6.29. The van der Waals surface area contributed by atoms with Crippen LogP contribution in [0.4, 0.5) is 5.69 Å². The molecular formula is C17H24N2O2. The third-order valence-corrected chi connectivity index (χ3v) is 4.33. The van der Waals surface area contributed by atoms with Gasteiger partial charge < -0.3 is 10.2 Å². The average Bonchev–Trinajstić information content (AvgIpc) is 2.83. The number of amides is 2. The van der Waals surface area contributed by atoms with Crippen molar-refractivity contribution in [1.82, 2.24) is 5.32 Å². The summed E-state index contributed by atoms with van der Waals surface area (Å²) in [5.74, 6) is -0.764. The Balaban J connectivity index is 2.10. The molecule has 1 saturated heterocycles. The molecule has 1 aliphatic heterocycles. The average molecular weight is 288 g/mol. The molecule has 114 valence electrons. The lowest BCUT2D eigenvalue weighted by Crippen LogP contribution is -2.40. The molecule has 1 aromatic carbocycles. The molecule has 2 amide bonds. The van der Waals surface area contributed by atoms with E-state index in [1.165, 1.54) is 5.56 Å². The zero-order valence-electron chi connectivity index (χ0n) is 13.3. The van der Waals surface area contributed by atoms with Crippen LogP contribution in [0.1, 0.15) is 37.8 Å². The number of nitrogens with zero attached hydrogens (tertiary/aromatic N) is 1. The van der Waals surface area contributed by atoms with E-state index in [1.54, 1.807) is 4.90 Å². The van der Waals surface area contributed by atoms with E-state index in [0.717, 1.165) is 17.7 Å². The molecule has 4 nitrogen and oxygen atoms in total. The number of hydrogen-bond acceptors (Lipinski definition) is 2. The predicted molar refractivity (Wildman–Crippen MR) is 84.3 cm³/mol. The standard InChI is InChI=1S/C17H24N2O2/c1-5-13(4)18-16(20)15-8-9-19(17(15)21)14-7-6-11(2)12(3)10-14/h6-7,10,13,15H,5,8-9H2,1-4H3,(H,18,20)/t13-,15-/m0/s1. The molecule has 1 heterocycles. The van der Waals surface area contributed by atoms with Crippen LogP contribution in [0.3, 0.4) is 0 Å². The van der Waals surface area contributed by atoms with Gasteiger partial charge in [0.1, 0.15) is 5.92 Å². The zero-order valence-corrected chi connectivity index (χ0v) is 13.3. The van der Waals surface area contributed by atoms with Crippen molar-refractivity contribution in [2.45, 2.75) is 46.6 Å². The van der Waals surface area contributed by atoms with Gasteiger partial charge in [-0.05, 0) is 56.9 Å². The van der Waals surface area contributed by atoms with E-state index in [0.29, 0.717) is 13.0 Å². The Hall–Kier alpha value is -1.84. The maximum absolute atomic E-state index is 12.5. The highest BCUT2D eigenvalue weighted by molar-refractivity contribution is 6.09. The highest BCUT2D eigenvalue weighted by Gasteiger charge is 2.37. The number of nitrogens with one attached hydrogen (secondary N) is 1. The van der Waals surface area contributed by atoms with Gasteiger partial charge in [0.05, 0.1) is 0 Å². The van der Waals surface area contributed by atoms with Gasteiger partial charge in [-0.1, -0.05) is 13.0 Å². The first-order valence-electron chi connectivity index (χ1n) is 7.63. The molecule has 0 radical (unpaired) electrons. The fraction of sp³-hybridized carbons (Fsp3) is 0.529. The normalized spacial score (nSPS) is 19.7. The highest BCUT2D eigenvalue weighted by Crippen LogP contribution is 2.27. The van der Waals surface area contributed by atoms with Crippen molar-refractivity contribution in [2.24, 2.45) is 5.92 Å². The molecule has 0 saturated carbocycles. The summed E-state index contributed by atoms with van der Waals surface area (Å²) < 4.78 is 0. The molecule has 1 aromatic rings. The molecule has 0 aliphatic carbocycles. The van der Waals surface area contributed by atoms with Gasteiger partial charge in [-0.25, -0.2) is 0 Å². The number of carbonyl (C=O) groups is 2. The van der Waals surface area contributed by atoms with Gasteiger partial charge in [-0.2, -0.15) is 0 Å². The number of carbonyl (C=O) groups excluding carboxylic acids is 2. The SMILES string of the molecule is CC[C@H](C)NC(=O)[C@@H]1CCN(c2ccc(C)c(C)c2)C1=O. The third kappa shape index (κ3) is 3.26. The molecule has 0 spiro atoms. The number of benzene rings is 1. The first kappa shape index (κ1) is 15.5. The van der Waals surface area contributed by atoms with E-state index < -0.39 is 5.92 Å².